The molecule has 0 aliphatic rings. The zero-order chi connectivity index (χ0) is 11.3. The molecule has 0 radical (unpaired) electrons. The van der Waals surface area contributed by atoms with E-state index in [4.69, 9.17) is 4.42 Å². The first-order valence-corrected chi connectivity index (χ1v) is 5.15. The molecule has 0 atom stereocenters. The van der Waals surface area contributed by atoms with Crippen LogP contribution in [0.2, 0.25) is 0 Å². The molecule has 0 fully saturated rings. The maximum absolute atomic E-state index is 5.46. The van der Waals surface area contributed by atoms with Gasteiger partial charge in [-0.2, -0.15) is 0 Å². The quantitative estimate of drug-likeness (QED) is 0.725. The van der Waals surface area contributed by atoms with Crippen LogP contribution in [0.3, 0.4) is 0 Å². The molecule has 84 valence electrons. The summed E-state index contributed by atoms with van der Waals surface area (Å²) in [4.78, 5) is 2.18. The number of hydrogen-bond donors (Lipinski definition) is 1. The van der Waals surface area contributed by atoms with Gasteiger partial charge < -0.3 is 9.73 Å². The smallest absolute Gasteiger partial charge is 0.118 e. The lowest BCUT2D eigenvalue weighted by atomic mass is 10.3. The fraction of sp³-hybridized carbons (Fsp3) is 0.500. The van der Waals surface area contributed by atoms with Gasteiger partial charge in [-0.3, -0.25) is 4.90 Å². The lowest BCUT2D eigenvalue weighted by Crippen LogP contribution is -2.19. The Balaban J connectivity index is 2.45. The van der Waals surface area contributed by atoms with Gasteiger partial charge in [-0.15, -0.1) is 0 Å². The Hall–Kier alpha value is -1.06. The van der Waals surface area contributed by atoms with Crippen LogP contribution in [0.4, 0.5) is 0 Å². The summed E-state index contributed by atoms with van der Waals surface area (Å²) in [7, 11) is 3.99. The van der Waals surface area contributed by atoms with Crippen molar-refractivity contribution in [2.75, 3.05) is 20.6 Å². The van der Waals surface area contributed by atoms with Crippen LogP contribution in [0.25, 0.3) is 0 Å². The van der Waals surface area contributed by atoms with Crippen LogP contribution in [-0.4, -0.2) is 25.5 Å². The number of hydrogen-bond acceptors (Lipinski definition) is 3. The third kappa shape index (κ3) is 4.32. The second-order valence-corrected chi connectivity index (χ2v) is 4.08. The minimum atomic E-state index is 0.830. The number of nitrogens with zero attached hydrogens (tertiary/aromatic N) is 1. The third-order valence-corrected chi connectivity index (χ3v) is 2.05. The van der Waals surface area contributed by atoms with Crippen molar-refractivity contribution in [2.45, 2.75) is 20.0 Å². The van der Waals surface area contributed by atoms with E-state index in [-0.39, 0.29) is 0 Å². The number of likely N-dealkylation sites (N-methyl/N-ethyl adjacent to an activating group) is 1. The molecule has 1 rings (SSSR count). The minimum absolute atomic E-state index is 0.830. The van der Waals surface area contributed by atoms with Crippen LogP contribution in [0.15, 0.2) is 28.9 Å². The van der Waals surface area contributed by atoms with E-state index in [2.05, 4.69) is 29.9 Å². The summed E-state index contributed by atoms with van der Waals surface area (Å²) in [6.07, 6.45) is 1.81. The van der Waals surface area contributed by atoms with Gasteiger partial charge >= 0.3 is 0 Å². The first-order chi connectivity index (χ1) is 7.11. The molecule has 0 aromatic carbocycles. The molecule has 1 aromatic heterocycles. The van der Waals surface area contributed by atoms with E-state index in [0.29, 0.717) is 0 Å². The fourth-order valence-corrected chi connectivity index (χ4v) is 1.59. The molecule has 1 N–H and O–H groups in total. The minimum Gasteiger partial charge on any atom is -0.468 e. The van der Waals surface area contributed by atoms with E-state index in [0.717, 1.165) is 25.4 Å². The van der Waals surface area contributed by atoms with E-state index in [1.54, 1.807) is 6.26 Å². The fourth-order valence-electron chi connectivity index (χ4n) is 1.59. The van der Waals surface area contributed by atoms with Gasteiger partial charge in [0.1, 0.15) is 5.76 Å². The summed E-state index contributed by atoms with van der Waals surface area (Å²) in [5.74, 6) is 1.00. The largest absolute Gasteiger partial charge is 0.468 e. The molecule has 0 aliphatic heterocycles. The lowest BCUT2D eigenvalue weighted by molar-refractivity contribution is 0.317. The van der Waals surface area contributed by atoms with Crippen molar-refractivity contribution in [1.29, 1.82) is 0 Å². The summed E-state index contributed by atoms with van der Waals surface area (Å²) in [5.41, 5.74) is 2.36. The SMILES string of the molecule is C=C(C)CN(C)Cc1cc(CNC)co1. The number of nitrogens with one attached hydrogen (secondary N) is 1. The molecule has 0 saturated carbocycles. The van der Waals surface area contributed by atoms with Crippen LogP contribution >= 0.6 is 0 Å². The summed E-state index contributed by atoms with van der Waals surface area (Å²) >= 11 is 0. The second-order valence-electron chi connectivity index (χ2n) is 4.08. The molecule has 0 bridgehead atoms. The zero-order valence-electron chi connectivity index (χ0n) is 9.84. The molecule has 0 saturated heterocycles. The van der Waals surface area contributed by atoms with Gasteiger partial charge in [0.2, 0.25) is 0 Å². The van der Waals surface area contributed by atoms with Crippen molar-refractivity contribution < 1.29 is 4.42 Å². The van der Waals surface area contributed by atoms with E-state index in [1.165, 1.54) is 11.1 Å². The first kappa shape index (κ1) is 12.0. The average molecular weight is 208 g/mol. The van der Waals surface area contributed by atoms with Crippen molar-refractivity contribution in [3.8, 4) is 0 Å². The molecule has 0 amide bonds. The number of rotatable bonds is 6. The summed E-state index contributed by atoms with van der Waals surface area (Å²) in [6.45, 7) is 8.51. The predicted molar refractivity (Wildman–Crippen MR) is 62.6 cm³/mol. The molecular weight excluding hydrogens is 188 g/mol. The molecule has 15 heavy (non-hydrogen) atoms. The standard InChI is InChI=1S/C12H20N2O/c1-10(2)7-14(4)8-12-5-11(6-13-3)9-15-12/h5,9,13H,1,6-8H2,2-4H3. The van der Waals surface area contributed by atoms with Crippen molar-refractivity contribution >= 4 is 0 Å². The Morgan fingerprint density at radius 1 is 1.60 bits per heavy atom. The molecule has 3 nitrogen and oxygen atoms in total. The Morgan fingerprint density at radius 2 is 2.33 bits per heavy atom. The van der Waals surface area contributed by atoms with E-state index >= 15 is 0 Å². The summed E-state index contributed by atoms with van der Waals surface area (Å²) < 4.78 is 5.46. The third-order valence-electron chi connectivity index (χ3n) is 2.05. The van der Waals surface area contributed by atoms with Crippen molar-refractivity contribution in [1.82, 2.24) is 10.2 Å². The molecule has 3 heteroatoms. The summed E-state index contributed by atoms with van der Waals surface area (Å²) in [5, 5.41) is 3.10. The van der Waals surface area contributed by atoms with Crippen molar-refractivity contribution in [3.63, 3.8) is 0 Å². The second kappa shape index (κ2) is 5.73. The van der Waals surface area contributed by atoms with Crippen LogP contribution in [-0.2, 0) is 13.1 Å². The van der Waals surface area contributed by atoms with Gasteiger partial charge in [0.25, 0.3) is 0 Å². The van der Waals surface area contributed by atoms with Gasteiger partial charge in [0.15, 0.2) is 0 Å². The highest BCUT2D eigenvalue weighted by Crippen LogP contribution is 2.10. The average Bonchev–Trinajstić information content (AvgIpc) is 2.51. The molecule has 0 aliphatic carbocycles. The van der Waals surface area contributed by atoms with E-state index in [9.17, 15) is 0 Å². The van der Waals surface area contributed by atoms with E-state index in [1.807, 2.05) is 14.0 Å². The van der Waals surface area contributed by atoms with Gasteiger partial charge in [0.05, 0.1) is 12.8 Å². The van der Waals surface area contributed by atoms with E-state index < -0.39 is 0 Å². The highest BCUT2D eigenvalue weighted by Gasteiger charge is 2.04. The van der Waals surface area contributed by atoms with Gasteiger partial charge in [-0.05, 0) is 27.1 Å². The van der Waals surface area contributed by atoms with Crippen LogP contribution in [0.5, 0.6) is 0 Å². The van der Waals surface area contributed by atoms with Gasteiger partial charge in [-0.25, -0.2) is 0 Å². The Kier molecular flexibility index (Phi) is 4.59. The highest BCUT2D eigenvalue weighted by molar-refractivity contribution is 5.12. The molecule has 0 spiro atoms. The maximum Gasteiger partial charge on any atom is 0.118 e. The Bertz CT molecular complexity index is 317. The zero-order valence-corrected chi connectivity index (χ0v) is 9.84. The monoisotopic (exact) mass is 208 g/mol. The topological polar surface area (TPSA) is 28.4 Å². The highest BCUT2D eigenvalue weighted by atomic mass is 16.3. The first-order valence-electron chi connectivity index (χ1n) is 5.15. The Morgan fingerprint density at radius 3 is 2.93 bits per heavy atom. The maximum atomic E-state index is 5.46. The molecular formula is C12H20N2O. The van der Waals surface area contributed by atoms with Gasteiger partial charge in [0, 0.05) is 18.7 Å². The molecule has 1 heterocycles. The van der Waals surface area contributed by atoms with Crippen LogP contribution < -0.4 is 5.32 Å². The summed E-state index contributed by atoms with van der Waals surface area (Å²) in [6, 6.07) is 2.09. The van der Waals surface area contributed by atoms with Crippen LogP contribution in [0.1, 0.15) is 18.2 Å². The lowest BCUT2D eigenvalue weighted by Gasteiger charge is -2.14. The van der Waals surface area contributed by atoms with Crippen LogP contribution in [0, 0.1) is 0 Å². The number of furan rings is 1. The normalized spacial score (nSPS) is 10.9. The van der Waals surface area contributed by atoms with Gasteiger partial charge in [-0.1, -0.05) is 12.2 Å². The molecule has 0 unspecified atom stereocenters. The van der Waals surface area contributed by atoms with Crippen molar-refractivity contribution in [3.05, 3.63) is 35.8 Å². The molecule has 1 aromatic rings. The van der Waals surface area contributed by atoms with Crippen molar-refractivity contribution in [2.24, 2.45) is 0 Å². The predicted octanol–water partition coefficient (Wildman–Crippen LogP) is 2.01. The Labute approximate surface area is 91.8 Å².